The lowest BCUT2D eigenvalue weighted by Gasteiger charge is -2.29. The lowest BCUT2D eigenvalue weighted by Crippen LogP contribution is -2.43. The molecule has 4 N–H and O–H groups in total. The maximum atomic E-state index is 12.4. The first kappa shape index (κ1) is 16.5. The molecule has 1 aliphatic carbocycles. The maximum Gasteiger partial charge on any atom is 0.221 e. The number of nitrogens with one attached hydrogen (secondary N) is 2. The second-order valence-corrected chi connectivity index (χ2v) is 7.15. The summed E-state index contributed by atoms with van der Waals surface area (Å²) in [6.45, 7) is 6.34. The van der Waals surface area contributed by atoms with E-state index in [1.807, 2.05) is 13.8 Å². The number of nitrogens with zero attached hydrogens (tertiary/aromatic N) is 2. The van der Waals surface area contributed by atoms with Gasteiger partial charge in [-0.15, -0.1) is 0 Å². The molecule has 128 valence electrons. The van der Waals surface area contributed by atoms with Gasteiger partial charge in [-0.3, -0.25) is 14.8 Å². The number of H-pyrrole nitrogens is 1. The highest BCUT2D eigenvalue weighted by Crippen LogP contribution is 2.35. The zero-order chi connectivity index (χ0) is 16.4. The Hall–Kier alpha value is -1.40. The molecule has 0 radical (unpaired) electrons. The van der Waals surface area contributed by atoms with Crippen LogP contribution in [0.4, 0.5) is 0 Å². The first-order chi connectivity index (χ1) is 11.1. The molecule has 2 atom stereocenters. The number of likely N-dealkylation sites (tertiary alicyclic amines) is 1. The van der Waals surface area contributed by atoms with Crippen molar-refractivity contribution in [2.24, 2.45) is 11.7 Å². The van der Waals surface area contributed by atoms with E-state index in [9.17, 15) is 4.79 Å². The predicted octanol–water partition coefficient (Wildman–Crippen LogP) is 1.23. The predicted molar refractivity (Wildman–Crippen MR) is 89.8 cm³/mol. The van der Waals surface area contributed by atoms with Gasteiger partial charge in [0.15, 0.2) is 0 Å². The van der Waals surface area contributed by atoms with Crippen molar-refractivity contribution >= 4 is 5.91 Å². The first-order valence-corrected chi connectivity index (χ1v) is 8.81. The summed E-state index contributed by atoms with van der Waals surface area (Å²) in [5.74, 6) is 0.970. The van der Waals surface area contributed by atoms with Gasteiger partial charge in [0.25, 0.3) is 0 Å². The van der Waals surface area contributed by atoms with Crippen molar-refractivity contribution in [1.82, 2.24) is 20.4 Å². The van der Waals surface area contributed by atoms with E-state index in [0.717, 1.165) is 42.3 Å². The number of aromatic nitrogens is 2. The molecule has 0 aromatic carbocycles. The van der Waals surface area contributed by atoms with Gasteiger partial charge in [-0.25, -0.2) is 0 Å². The van der Waals surface area contributed by atoms with Crippen LogP contribution in [0, 0.1) is 19.8 Å². The zero-order valence-corrected chi connectivity index (χ0v) is 14.3. The van der Waals surface area contributed by atoms with Crippen LogP contribution in [0.3, 0.4) is 0 Å². The van der Waals surface area contributed by atoms with E-state index >= 15 is 0 Å². The Morgan fingerprint density at radius 2 is 2.04 bits per heavy atom. The molecule has 0 spiro atoms. The van der Waals surface area contributed by atoms with E-state index in [4.69, 9.17) is 5.73 Å². The minimum atomic E-state index is 0.133. The lowest BCUT2D eigenvalue weighted by atomic mass is 10.1. The maximum absolute atomic E-state index is 12.4. The summed E-state index contributed by atoms with van der Waals surface area (Å²) < 4.78 is 0. The zero-order valence-electron chi connectivity index (χ0n) is 14.3. The van der Waals surface area contributed by atoms with E-state index in [1.165, 1.54) is 12.8 Å². The van der Waals surface area contributed by atoms with Gasteiger partial charge < -0.3 is 11.1 Å². The molecule has 6 nitrogen and oxygen atoms in total. The van der Waals surface area contributed by atoms with Crippen molar-refractivity contribution in [2.45, 2.75) is 64.6 Å². The summed E-state index contributed by atoms with van der Waals surface area (Å²) in [4.78, 5) is 14.9. The highest BCUT2D eigenvalue weighted by Gasteiger charge is 2.37. The highest BCUT2D eigenvalue weighted by molar-refractivity contribution is 5.76. The molecule has 0 unspecified atom stereocenters. The number of carbonyl (C=O) groups is 1. The van der Waals surface area contributed by atoms with Crippen LogP contribution in [0.2, 0.25) is 0 Å². The van der Waals surface area contributed by atoms with Crippen LogP contribution in [0.15, 0.2) is 0 Å². The molecule has 1 saturated carbocycles. The van der Waals surface area contributed by atoms with E-state index < -0.39 is 0 Å². The fourth-order valence-corrected chi connectivity index (χ4v) is 3.69. The normalized spacial score (nSPS) is 25.0. The quantitative estimate of drug-likeness (QED) is 0.705. The van der Waals surface area contributed by atoms with E-state index in [1.54, 1.807) is 0 Å². The summed E-state index contributed by atoms with van der Waals surface area (Å²) in [6.07, 6.45) is 5.48. The Morgan fingerprint density at radius 3 is 2.65 bits per heavy atom. The van der Waals surface area contributed by atoms with Gasteiger partial charge in [0.1, 0.15) is 0 Å². The Kier molecular flexibility index (Phi) is 5.02. The monoisotopic (exact) mass is 319 g/mol. The third kappa shape index (κ3) is 3.93. The summed E-state index contributed by atoms with van der Waals surface area (Å²) >= 11 is 0. The highest BCUT2D eigenvalue weighted by atomic mass is 16.1. The molecule has 0 bridgehead atoms. The molecule has 1 amide bonds. The van der Waals surface area contributed by atoms with Gasteiger partial charge >= 0.3 is 0 Å². The molecular formula is C17H29N5O. The number of aryl methyl sites for hydroxylation is 2. The van der Waals surface area contributed by atoms with E-state index in [0.29, 0.717) is 31.6 Å². The van der Waals surface area contributed by atoms with Crippen molar-refractivity contribution in [2.75, 3.05) is 13.1 Å². The second kappa shape index (κ2) is 7.01. The van der Waals surface area contributed by atoms with Crippen LogP contribution in [0.1, 0.15) is 49.1 Å². The largest absolute Gasteiger partial charge is 0.352 e. The van der Waals surface area contributed by atoms with Crippen molar-refractivity contribution in [1.29, 1.82) is 0 Å². The van der Waals surface area contributed by atoms with Gasteiger partial charge in [-0.1, -0.05) is 0 Å². The molecule has 1 aliphatic heterocycles. The second-order valence-electron chi connectivity index (χ2n) is 7.15. The Morgan fingerprint density at radius 1 is 1.30 bits per heavy atom. The molecule has 2 aliphatic rings. The van der Waals surface area contributed by atoms with Crippen LogP contribution in [-0.2, 0) is 11.3 Å². The first-order valence-electron chi connectivity index (χ1n) is 8.81. The lowest BCUT2D eigenvalue weighted by molar-refractivity contribution is -0.122. The SMILES string of the molecule is Cc1n[nH]c(C)c1CNC(=O)C[C@@H]1CC[C@H](CN)N1CC1CC1. The van der Waals surface area contributed by atoms with E-state index in [-0.39, 0.29) is 5.91 Å². The number of hydrogen-bond acceptors (Lipinski definition) is 4. The Balaban J connectivity index is 1.52. The fourth-order valence-electron chi connectivity index (χ4n) is 3.69. The van der Waals surface area contributed by atoms with Gasteiger partial charge in [0.2, 0.25) is 5.91 Å². The molecule has 23 heavy (non-hydrogen) atoms. The minimum Gasteiger partial charge on any atom is -0.352 e. The molecular weight excluding hydrogens is 290 g/mol. The summed E-state index contributed by atoms with van der Waals surface area (Å²) in [5.41, 5.74) is 9.00. The number of amides is 1. The smallest absolute Gasteiger partial charge is 0.221 e. The topological polar surface area (TPSA) is 87.0 Å². The van der Waals surface area contributed by atoms with Crippen molar-refractivity contribution in [3.05, 3.63) is 17.0 Å². The van der Waals surface area contributed by atoms with Gasteiger partial charge in [0.05, 0.1) is 5.69 Å². The number of hydrogen-bond donors (Lipinski definition) is 3. The van der Waals surface area contributed by atoms with Crippen LogP contribution < -0.4 is 11.1 Å². The molecule has 1 aromatic rings. The van der Waals surface area contributed by atoms with Crippen LogP contribution in [-0.4, -0.2) is 46.2 Å². The number of rotatable bonds is 7. The number of nitrogens with two attached hydrogens (primary N) is 1. The summed E-state index contributed by atoms with van der Waals surface area (Å²) in [6, 6.07) is 0.822. The van der Waals surface area contributed by atoms with Crippen LogP contribution >= 0.6 is 0 Å². The van der Waals surface area contributed by atoms with Crippen molar-refractivity contribution in [3.8, 4) is 0 Å². The summed E-state index contributed by atoms with van der Waals surface area (Å²) in [5, 5.41) is 10.2. The van der Waals surface area contributed by atoms with Crippen molar-refractivity contribution in [3.63, 3.8) is 0 Å². The average molecular weight is 319 g/mol. The van der Waals surface area contributed by atoms with Gasteiger partial charge in [-0.2, -0.15) is 5.10 Å². The summed E-state index contributed by atoms with van der Waals surface area (Å²) in [7, 11) is 0. The minimum absolute atomic E-state index is 0.133. The van der Waals surface area contributed by atoms with Crippen LogP contribution in [0.25, 0.3) is 0 Å². The fraction of sp³-hybridized carbons (Fsp3) is 0.765. The molecule has 2 heterocycles. The molecule has 3 rings (SSSR count). The van der Waals surface area contributed by atoms with Gasteiger partial charge in [-0.05, 0) is 45.4 Å². The standard InChI is InChI=1S/C17H29N5O/c1-11-16(12(2)21-20-11)9-19-17(23)7-14-5-6-15(8-18)22(14)10-13-3-4-13/h13-15H,3-10,18H2,1-2H3,(H,19,23)(H,20,21)/t14-,15+/m0/s1. The number of carbonyl (C=O) groups excluding carboxylic acids is 1. The van der Waals surface area contributed by atoms with Crippen molar-refractivity contribution < 1.29 is 4.79 Å². The molecule has 1 aromatic heterocycles. The number of aromatic amines is 1. The van der Waals surface area contributed by atoms with Crippen LogP contribution in [0.5, 0.6) is 0 Å². The Labute approximate surface area is 138 Å². The molecule has 2 fully saturated rings. The molecule has 1 saturated heterocycles. The third-order valence-electron chi connectivity index (χ3n) is 5.37. The molecule has 6 heteroatoms. The Bertz CT molecular complexity index is 532. The average Bonchev–Trinajstić information content (AvgIpc) is 3.19. The third-order valence-corrected chi connectivity index (χ3v) is 5.37. The van der Waals surface area contributed by atoms with Gasteiger partial charge in [0, 0.05) is 49.4 Å². The van der Waals surface area contributed by atoms with E-state index in [2.05, 4.69) is 20.4 Å².